The summed E-state index contributed by atoms with van der Waals surface area (Å²) in [6.07, 6.45) is 5.19. The molecule has 4 heteroatoms. The van der Waals surface area contributed by atoms with Crippen molar-refractivity contribution in [3.05, 3.63) is 0 Å². The van der Waals surface area contributed by atoms with E-state index in [0.29, 0.717) is 31.8 Å². The fourth-order valence-electron chi connectivity index (χ4n) is 3.29. The largest absolute Gasteiger partial charge is 0.481 e. The Morgan fingerprint density at radius 2 is 1.89 bits per heavy atom. The average molecular weight is 267 g/mol. The second-order valence-electron chi connectivity index (χ2n) is 6.29. The number of piperidine rings is 1. The Morgan fingerprint density at radius 3 is 2.32 bits per heavy atom. The lowest BCUT2D eigenvalue weighted by atomic mass is 9.75. The summed E-state index contributed by atoms with van der Waals surface area (Å²) in [7, 11) is 0. The normalized spacial score (nSPS) is 24.0. The molecular formula is C15H25NO3. The highest BCUT2D eigenvalue weighted by atomic mass is 16.4. The van der Waals surface area contributed by atoms with Gasteiger partial charge >= 0.3 is 5.97 Å². The maximum atomic E-state index is 12.3. The molecule has 1 saturated carbocycles. The van der Waals surface area contributed by atoms with Gasteiger partial charge in [0.2, 0.25) is 5.91 Å². The van der Waals surface area contributed by atoms with Gasteiger partial charge in [-0.05, 0) is 38.0 Å². The van der Waals surface area contributed by atoms with Crippen LogP contribution in [0.1, 0.15) is 52.4 Å². The van der Waals surface area contributed by atoms with Crippen molar-refractivity contribution in [1.82, 2.24) is 4.90 Å². The number of rotatable bonds is 5. The van der Waals surface area contributed by atoms with Crippen molar-refractivity contribution in [1.29, 1.82) is 0 Å². The molecule has 0 aromatic carbocycles. The van der Waals surface area contributed by atoms with Gasteiger partial charge in [0.1, 0.15) is 0 Å². The lowest BCUT2D eigenvalue weighted by Crippen LogP contribution is -2.48. The first kappa shape index (κ1) is 14.4. The van der Waals surface area contributed by atoms with E-state index in [1.54, 1.807) is 0 Å². The number of aliphatic carboxylic acids is 1. The standard InChI is InChI=1S/C15H25NO3/c1-3-6-15(14(18)19)7-9-16(10-8-15)13(17)11(2)12-4-5-12/h11-12H,3-10H2,1-2H3,(H,18,19). The van der Waals surface area contributed by atoms with Crippen LogP contribution in [0, 0.1) is 17.3 Å². The lowest BCUT2D eigenvalue weighted by Gasteiger charge is -2.39. The molecule has 0 aromatic heterocycles. The maximum absolute atomic E-state index is 12.3. The molecule has 0 radical (unpaired) electrons. The number of carboxylic acid groups (broad SMARTS) is 1. The Kier molecular flexibility index (Phi) is 4.16. The average Bonchev–Trinajstić information content (AvgIpc) is 3.22. The molecule has 2 aliphatic rings. The Bertz CT molecular complexity index is 354. The molecular weight excluding hydrogens is 242 g/mol. The zero-order chi connectivity index (χ0) is 14.0. The summed E-state index contributed by atoms with van der Waals surface area (Å²) in [6.45, 7) is 5.27. The zero-order valence-corrected chi connectivity index (χ0v) is 12.0. The van der Waals surface area contributed by atoms with Crippen molar-refractivity contribution in [2.75, 3.05) is 13.1 Å². The van der Waals surface area contributed by atoms with Crippen LogP contribution in [0.4, 0.5) is 0 Å². The van der Waals surface area contributed by atoms with Gasteiger partial charge in [0.25, 0.3) is 0 Å². The summed E-state index contributed by atoms with van der Waals surface area (Å²) in [5.41, 5.74) is -0.589. The van der Waals surface area contributed by atoms with E-state index in [1.807, 2.05) is 18.7 Å². The minimum absolute atomic E-state index is 0.128. The molecule has 1 saturated heterocycles. The van der Waals surface area contributed by atoms with Crippen molar-refractivity contribution in [2.45, 2.75) is 52.4 Å². The van der Waals surface area contributed by atoms with Gasteiger partial charge in [-0.3, -0.25) is 9.59 Å². The van der Waals surface area contributed by atoms with Gasteiger partial charge in [-0.15, -0.1) is 0 Å². The molecule has 1 aliphatic carbocycles. The molecule has 2 fully saturated rings. The number of carbonyl (C=O) groups excluding carboxylic acids is 1. The SMILES string of the molecule is CCCC1(C(=O)O)CCN(C(=O)C(C)C2CC2)CC1. The molecule has 1 heterocycles. The topological polar surface area (TPSA) is 57.6 Å². The summed E-state index contributed by atoms with van der Waals surface area (Å²) < 4.78 is 0. The van der Waals surface area contributed by atoms with Crippen LogP contribution in [0.3, 0.4) is 0 Å². The Balaban J connectivity index is 1.93. The highest BCUT2D eigenvalue weighted by Gasteiger charge is 2.43. The molecule has 0 bridgehead atoms. The first-order chi connectivity index (χ1) is 9.00. The minimum atomic E-state index is -0.684. The van der Waals surface area contributed by atoms with Gasteiger partial charge in [-0.25, -0.2) is 0 Å². The third-order valence-electron chi connectivity index (χ3n) is 4.93. The van der Waals surface area contributed by atoms with Crippen LogP contribution in [0.25, 0.3) is 0 Å². The number of hydrogen-bond acceptors (Lipinski definition) is 2. The number of likely N-dealkylation sites (tertiary alicyclic amines) is 1. The zero-order valence-electron chi connectivity index (χ0n) is 12.0. The summed E-state index contributed by atoms with van der Waals surface area (Å²) in [4.78, 5) is 25.7. The Morgan fingerprint density at radius 1 is 1.32 bits per heavy atom. The highest BCUT2D eigenvalue weighted by Crippen LogP contribution is 2.40. The van der Waals surface area contributed by atoms with Crippen LogP contribution in [-0.2, 0) is 9.59 Å². The van der Waals surface area contributed by atoms with E-state index in [1.165, 1.54) is 12.8 Å². The summed E-state index contributed by atoms with van der Waals surface area (Å²) >= 11 is 0. The number of carboxylic acids is 1. The van der Waals surface area contributed by atoms with E-state index < -0.39 is 11.4 Å². The smallest absolute Gasteiger partial charge is 0.309 e. The van der Waals surface area contributed by atoms with Crippen LogP contribution in [0.2, 0.25) is 0 Å². The summed E-state index contributed by atoms with van der Waals surface area (Å²) in [5, 5.41) is 9.45. The van der Waals surface area contributed by atoms with Crippen LogP contribution in [0.15, 0.2) is 0 Å². The third-order valence-corrected chi connectivity index (χ3v) is 4.93. The molecule has 1 atom stereocenters. The van der Waals surface area contributed by atoms with Crippen molar-refractivity contribution in [3.8, 4) is 0 Å². The molecule has 2 rings (SSSR count). The predicted molar refractivity (Wildman–Crippen MR) is 72.7 cm³/mol. The van der Waals surface area contributed by atoms with Gasteiger partial charge in [0.05, 0.1) is 5.41 Å². The van der Waals surface area contributed by atoms with E-state index in [9.17, 15) is 14.7 Å². The van der Waals surface area contributed by atoms with Gasteiger partial charge in [-0.2, -0.15) is 0 Å². The second-order valence-corrected chi connectivity index (χ2v) is 6.29. The first-order valence-electron chi connectivity index (χ1n) is 7.52. The highest BCUT2D eigenvalue weighted by molar-refractivity contribution is 5.80. The Labute approximate surface area is 115 Å². The van der Waals surface area contributed by atoms with Crippen molar-refractivity contribution in [3.63, 3.8) is 0 Å². The van der Waals surface area contributed by atoms with Gasteiger partial charge in [0.15, 0.2) is 0 Å². The quantitative estimate of drug-likeness (QED) is 0.832. The molecule has 1 unspecified atom stereocenters. The van der Waals surface area contributed by atoms with E-state index in [4.69, 9.17) is 0 Å². The molecule has 0 spiro atoms. The fourth-order valence-corrected chi connectivity index (χ4v) is 3.29. The van der Waals surface area contributed by atoms with E-state index in [-0.39, 0.29) is 11.8 Å². The van der Waals surface area contributed by atoms with Crippen molar-refractivity contribution < 1.29 is 14.7 Å². The van der Waals surface area contributed by atoms with Gasteiger partial charge in [-0.1, -0.05) is 20.3 Å². The molecule has 19 heavy (non-hydrogen) atoms. The molecule has 1 N–H and O–H groups in total. The molecule has 4 nitrogen and oxygen atoms in total. The monoisotopic (exact) mass is 267 g/mol. The van der Waals surface area contributed by atoms with Crippen LogP contribution in [0.5, 0.6) is 0 Å². The van der Waals surface area contributed by atoms with E-state index in [2.05, 4.69) is 0 Å². The second kappa shape index (κ2) is 5.51. The number of nitrogens with zero attached hydrogens (tertiary/aromatic N) is 1. The third kappa shape index (κ3) is 2.93. The van der Waals surface area contributed by atoms with Crippen molar-refractivity contribution >= 4 is 11.9 Å². The van der Waals surface area contributed by atoms with E-state index in [0.717, 1.165) is 12.8 Å². The molecule has 108 valence electrons. The molecule has 1 amide bonds. The summed E-state index contributed by atoms with van der Waals surface area (Å²) in [5.74, 6) is 0.257. The molecule has 0 aromatic rings. The minimum Gasteiger partial charge on any atom is -0.481 e. The lowest BCUT2D eigenvalue weighted by molar-refractivity contribution is -0.155. The molecule has 1 aliphatic heterocycles. The van der Waals surface area contributed by atoms with Gasteiger partial charge in [0, 0.05) is 19.0 Å². The number of carbonyl (C=O) groups is 2. The maximum Gasteiger partial charge on any atom is 0.309 e. The fraction of sp³-hybridized carbons (Fsp3) is 0.867. The number of hydrogen-bond donors (Lipinski definition) is 1. The van der Waals surface area contributed by atoms with Crippen LogP contribution in [-0.4, -0.2) is 35.0 Å². The number of amides is 1. The van der Waals surface area contributed by atoms with Crippen molar-refractivity contribution in [2.24, 2.45) is 17.3 Å². The van der Waals surface area contributed by atoms with E-state index >= 15 is 0 Å². The van der Waals surface area contributed by atoms with Gasteiger partial charge < -0.3 is 10.0 Å². The van der Waals surface area contributed by atoms with Crippen LogP contribution >= 0.6 is 0 Å². The van der Waals surface area contributed by atoms with Crippen LogP contribution < -0.4 is 0 Å². The first-order valence-corrected chi connectivity index (χ1v) is 7.52. The summed E-state index contributed by atoms with van der Waals surface area (Å²) in [6, 6.07) is 0. The Hall–Kier alpha value is -1.06. The predicted octanol–water partition coefficient (Wildman–Crippen LogP) is 2.53.